The lowest BCUT2D eigenvalue weighted by Crippen LogP contribution is -2.48. The SMILES string of the molecule is C[C@@]12CCC[C@H]1[C@@H]1CCC3=CCCC[C@]3(C)[C@H]1CC2. The van der Waals surface area contributed by atoms with Crippen molar-refractivity contribution in [3.05, 3.63) is 11.6 Å². The Kier molecular flexibility index (Phi) is 2.71. The molecule has 0 radical (unpaired) electrons. The Hall–Kier alpha value is -0.260. The molecule has 0 heterocycles. The molecule has 0 aliphatic heterocycles. The molecule has 3 fully saturated rings. The standard InChI is InChI=1S/C19H30/c1-18-11-5-7-16(18)15-9-8-14-6-3-4-12-19(14,2)17(15)10-13-18/h6,15-17H,3-5,7-13H2,1-2H3/t15-,16-,17-,18-,19-/m0/s1. The third kappa shape index (κ3) is 1.64. The molecule has 19 heavy (non-hydrogen) atoms. The number of rotatable bonds is 0. The molecule has 5 atom stereocenters. The highest BCUT2D eigenvalue weighted by Crippen LogP contribution is 2.65. The smallest absolute Gasteiger partial charge is 0.00853 e. The summed E-state index contributed by atoms with van der Waals surface area (Å²) in [6.45, 7) is 5.25. The largest absolute Gasteiger partial charge is 0.0848 e. The van der Waals surface area contributed by atoms with Crippen LogP contribution in [-0.2, 0) is 0 Å². The van der Waals surface area contributed by atoms with Crippen molar-refractivity contribution in [3.8, 4) is 0 Å². The molecular weight excluding hydrogens is 228 g/mol. The summed E-state index contributed by atoms with van der Waals surface area (Å²) in [6, 6.07) is 0. The predicted molar refractivity (Wildman–Crippen MR) is 80.9 cm³/mol. The van der Waals surface area contributed by atoms with Crippen molar-refractivity contribution in [1.29, 1.82) is 0 Å². The molecular formula is C19H30. The lowest BCUT2D eigenvalue weighted by Gasteiger charge is -2.57. The van der Waals surface area contributed by atoms with E-state index >= 15 is 0 Å². The van der Waals surface area contributed by atoms with Crippen LogP contribution in [0.1, 0.15) is 78.1 Å². The van der Waals surface area contributed by atoms with Gasteiger partial charge in [0.1, 0.15) is 0 Å². The molecule has 4 rings (SSSR count). The van der Waals surface area contributed by atoms with Crippen LogP contribution in [-0.4, -0.2) is 0 Å². The lowest BCUT2D eigenvalue weighted by atomic mass is 9.47. The van der Waals surface area contributed by atoms with Crippen LogP contribution < -0.4 is 0 Å². The van der Waals surface area contributed by atoms with Gasteiger partial charge in [0.2, 0.25) is 0 Å². The van der Waals surface area contributed by atoms with Crippen molar-refractivity contribution in [3.63, 3.8) is 0 Å². The summed E-state index contributed by atoms with van der Waals surface area (Å²) < 4.78 is 0. The molecule has 0 unspecified atom stereocenters. The maximum Gasteiger partial charge on any atom is -0.00853 e. The van der Waals surface area contributed by atoms with Crippen LogP contribution in [0, 0.1) is 28.6 Å². The summed E-state index contributed by atoms with van der Waals surface area (Å²) in [4.78, 5) is 0. The number of hydrogen-bond donors (Lipinski definition) is 0. The molecule has 0 aromatic heterocycles. The summed E-state index contributed by atoms with van der Waals surface area (Å²) in [7, 11) is 0. The molecule has 0 saturated heterocycles. The second-order valence-corrected chi connectivity index (χ2v) is 8.54. The van der Waals surface area contributed by atoms with Crippen molar-refractivity contribution in [2.24, 2.45) is 28.6 Å². The monoisotopic (exact) mass is 258 g/mol. The summed E-state index contributed by atoms with van der Waals surface area (Å²) in [5, 5.41) is 0. The fourth-order valence-electron chi connectivity index (χ4n) is 6.75. The topological polar surface area (TPSA) is 0 Å². The summed E-state index contributed by atoms with van der Waals surface area (Å²) in [5.74, 6) is 3.18. The average molecular weight is 258 g/mol. The normalized spacial score (nSPS) is 52.9. The zero-order valence-corrected chi connectivity index (χ0v) is 12.9. The van der Waals surface area contributed by atoms with Gasteiger partial charge in [0, 0.05) is 0 Å². The molecule has 4 aliphatic carbocycles. The number of hydrogen-bond acceptors (Lipinski definition) is 0. The van der Waals surface area contributed by atoms with Gasteiger partial charge in [0.05, 0.1) is 0 Å². The minimum atomic E-state index is 0.602. The zero-order valence-electron chi connectivity index (χ0n) is 12.9. The van der Waals surface area contributed by atoms with E-state index in [1.54, 1.807) is 6.42 Å². The van der Waals surface area contributed by atoms with Crippen LogP contribution in [0.4, 0.5) is 0 Å². The van der Waals surface area contributed by atoms with Gasteiger partial charge in [-0.1, -0.05) is 31.9 Å². The van der Waals surface area contributed by atoms with Gasteiger partial charge in [0.15, 0.2) is 0 Å². The van der Waals surface area contributed by atoms with Crippen LogP contribution in [0.5, 0.6) is 0 Å². The van der Waals surface area contributed by atoms with E-state index in [0.717, 1.165) is 23.2 Å². The lowest BCUT2D eigenvalue weighted by molar-refractivity contribution is -0.0360. The quantitative estimate of drug-likeness (QED) is 0.487. The van der Waals surface area contributed by atoms with E-state index in [0.29, 0.717) is 5.41 Å². The van der Waals surface area contributed by atoms with E-state index < -0.39 is 0 Å². The Balaban J connectivity index is 1.69. The first-order valence-electron chi connectivity index (χ1n) is 8.83. The number of fused-ring (bicyclic) bond motifs is 5. The Morgan fingerprint density at radius 2 is 1.84 bits per heavy atom. The van der Waals surface area contributed by atoms with E-state index in [1.165, 1.54) is 57.8 Å². The Bertz CT molecular complexity index is 406. The molecule has 4 aliphatic rings. The zero-order chi connectivity index (χ0) is 13.1. The summed E-state index contributed by atoms with van der Waals surface area (Å²) >= 11 is 0. The van der Waals surface area contributed by atoms with Crippen LogP contribution >= 0.6 is 0 Å². The second-order valence-electron chi connectivity index (χ2n) is 8.54. The first-order chi connectivity index (χ1) is 9.13. The molecule has 0 N–H and O–H groups in total. The molecule has 3 saturated carbocycles. The molecule has 0 spiro atoms. The van der Waals surface area contributed by atoms with Gasteiger partial charge in [-0.15, -0.1) is 0 Å². The average Bonchev–Trinajstić information content (AvgIpc) is 2.79. The maximum atomic E-state index is 2.63. The predicted octanol–water partition coefficient (Wildman–Crippen LogP) is 5.73. The minimum Gasteiger partial charge on any atom is -0.0848 e. The Labute approximate surface area is 119 Å². The third-order valence-corrected chi connectivity index (χ3v) is 7.81. The molecule has 0 heteroatoms. The molecule has 106 valence electrons. The van der Waals surface area contributed by atoms with Crippen molar-refractivity contribution in [2.45, 2.75) is 78.1 Å². The fraction of sp³-hybridized carbons (Fsp3) is 0.895. The Morgan fingerprint density at radius 3 is 2.74 bits per heavy atom. The van der Waals surface area contributed by atoms with Crippen molar-refractivity contribution in [2.75, 3.05) is 0 Å². The van der Waals surface area contributed by atoms with Gasteiger partial charge >= 0.3 is 0 Å². The number of allylic oxidation sites excluding steroid dienone is 2. The van der Waals surface area contributed by atoms with E-state index in [4.69, 9.17) is 0 Å². The fourth-order valence-corrected chi connectivity index (χ4v) is 6.75. The first kappa shape index (κ1) is 12.5. The minimum absolute atomic E-state index is 0.602. The summed E-state index contributed by atoms with van der Waals surface area (Å²) in [6.07, 6.45) is 17.5. The molecule has 0 bridgehead atoms. The molecule has 0 amide bonds. The van der Waals surface area contributed by atoms with Crippen LogP contribution in [0.15, 0.2) is 11.6 Å². The van der Waals surface area contributed by atoms with Crippen LogP contribution in [0.3, 0.4) is 0 Å². The second kappa shape index (κ2) is 4.12. The Morgan fingerprint density at radius 1 is 0.947 bits per heavy atom. The highest BCUT2D eigenvalue weighted by Gasteiger charge is 2.55. The first-order valence-corrected chi connectivity index (χ1v) is 8.83. The van der Waals surface area contributed by atoms with E-state index in [9.17, 15) is 0 Å². The van der Waals surface area contributed by atoms with Crippen molar-refractivity contribution < 1.29 is 0 Å². The van der Waals surface area contributed by atoms with Gasteiger partial charge in [-0.2, -0.15) is 0 Å². The van der Waals surface area contributed by atoms with Gasteiger partial charge < -0.3 is 0 Å². The molecule has 0 nitrogen and oxygen atoms in total. The van der Waals surface area contributed by atoms with Crippen molar-refractivity contribution in [1.82, 2.24) is 0 Å². The molecule has 0 aromatic rings. The van der Waals surface area contributed by atoms with E-state index in [1.807, 2.05) is 5.57 Å². The van der Waals surface area contributed by atoms with Gasteiger partial charge in [0.25, 0.3) is 0 Å². The highest BCUT2D eigenvalue weighted by atomic mass is 14.6. The van der Waals surface area contributed by atoms with Crippen molar-refractivity contribution >= 4 is 0 Å². The van der Waals surface area contributed by atoms with Crippen LogP contribution in [0.2, 0.25) is 0 Å². The van der Waals surface area contributed by atoms with E-state index in [-0.39, 0.29) is 0 Å². The van der Waals surface area contributed by atoms with Gasteiger partial charge in [-0.05, 0) is 86.4 Å². The van der Waals surface area contributed by atoms with Gasteiger partial charge in [-0.3, -0.25) is 0 Å². The van der Waals surface area contributed by atoms with Gasteiger partial charge in [-0.25, -0.2) is 0 Å². The summed E-state index contributed by atoms with van der Waals surface area (Å²) in [5.41, 5.74) is 3.19. The highest BCUT2D eigenvalue weighted by molar-refractivity contribution is 5.23. The molecule has 0 aromatic carbocycles. The third-order valence-electron chi connectivity index (χ3n) is 7.81. The maximum absolute atomic E-state index is 2.63. The van der Waals surface area contributed by atoms with Crippen LogP contribution in [0.25, 0.3) is 0 Å². The van der Waals surface area contributed by atoms with E-state index in [2.05, 4.69) is 19.9 Å².